The molecule has 0 fully saturated rings. The van der Waals surface area contributed by atoms with Crippen molar-refractivity contribution in [1.82, 2.24) is 5.16 Å². The van der Waals surface area contributed by atoms with Crippen LogP contribution in [0.3, 0.4) is 0 Å². The lowest BCUT2D eigenvalue weighted by atomic mass is 10.1. The molecule has 1 aromatic heterocycles. The summed E-state index contributed by atoms with van der Waals surface area (Å²) in [6.07, 6.45) is 1.95. The number of carboxylic acids is 1. The van der Waals surface area contributed by atoms with Gasteiger partial charge in [-0.3, -0.25) is 0 Å². The standard InChI is InChI=1S/C11H8BrNO3S/c1-17-9-4-2-3-6(12)10(9)7-5-8(11(14)15)16-13-7/h2-5H,1H3,(H,14,15). The van der Waals surface area contributed by atoms with Crippen LogP contribution in [0.25, 0.3) is 11.3 Å². The van der Waals surface area contributed by atoms with E-state index in [1.54, 1.807) is 11.8 Å². The number of halogens is 1. The second-order valence-corrected chi connectivity index (χ2v) is 4.90. The van der Waals surface area contributed by atoms with Gasteiger partial charge >= 0.3 is 5.97 Å². The molecule has 17 heavy (non-hydrogen) atoms. The zero-order valence-electron chi connectivity index (χ0n) is 8.81. The Labute approximate surface area is 110 Å². The molecule has 0 radical (unpaired) electrons. The van der Waals surface area contributed by atoms with Gasteiger partial charge in [-0.2, -0.15) is 0 Å². The first-order chi connectivity index (χ1) is 8.13. The zero-order valence-corrected chi connectivity index (χ0v) is 11.2. The lowest BCUT2D eigenvalue weighted by Crippen LogP contribution is -1.91. The lowest BCUT2D eigenvalue weighted by molar-refractivity contribution is 0.0652. The van der Waals surface area contributed by atoms with E-state index in [0.29, 0.717) is 5.69 Å². The minimum Gasteiger partial charge on any atom is -0.475 e. The molecule has 0 spiro atoms. The molecule has 4 nitrogen and oxygen atoms in total. The van der Waals surface area contributed by atoms with Gasteiger partial charge in [-0.15, -0.1) is 11.8 Å². The van der Waals surface area contributed by atoms with E-state index in [1.807, 2.05) is 24.5 Å². The molecule has 1 heterocycles. The van der Waals surface area contributed by atoms with Gasteiger partial charge in [0.2, 0.25) is 5.76 Å². The number of benzene rings is 1. The van der Waals surface area contributed by atoms with Crippen LogP contribution >= 0.6 is 27.7 Å². The number of thioether (sulfide) groups is 1. The molecule has 0 bridgehead atoms. The second-order valence-electron chi connectivity index (χ2n) is 3.20. The molecule has 1 aromatic carbocycles. The van der Waals surface area contributed by atoms with Crippen LogP contribution in [0.5, 0.6) is 0 Å². The summed E-state index contributed by atoms with van der Waals surface area (Å²) >= 11 is 4.99. The highest BCUT2D eigenvalue weighted by Gasteiger charge is 2.16. The number of carboxylic acid groups (broad SMARTS) is 1. The maximum Gasteiger partial charge on any atom is 0.374 e. The van der Waals surface area contributed by atoms with Crippen LogP contribution in [0.1, 0.15) is 10.6 Å². The van der Waals surface area contributed by atoms with Gasteiger partial charge in [0.15, 0.2) is 0 Å². The largest absolute Gasteiger partial charge is 0.475 e. The van der Waals surface area contributed by atoms with E-state index >= 15 is 0 Å². The van der Waals surface area contributed by atoms with Crippen molar-refractivity contribution in [1.29, 1.82) is 0 Å². The molecule has 88 valence electrons. The third-order valence-corrected chi connectivity index (χ3v) is 3.61. The van der Waals surface area contributed by atoms with Crippen LogP contribution in [0.15, 0.2) is 38.2 Å². The van der Waals surface area contributed by atoms with Gasteiger partial charge in [0.05, 0.1) is 0 Å². The van der Waals surface area contributed by atoms with Crippen LogP contribution in [0.4, 0.5) is 0 Å². The third-order valence-electron chi connectivity index (χ3n) is 2.17. The first kappa shape index (κ1) is 12.2. The fourth-order valence-corrected chi connectivity index (χ4v) is 2.75. The predicted molar refractivity (Wildman–Crippen MR) is 68.4 cm³/mol. The molecule has 2 aromatic rings. The Morgan fingerprint density at radius 2 is 2.29 bits per heavy atom. The maximum absolute atomic E-state index is 10.7. The average molecular weight is 314 g/mol. The van der Waals surface area contributed by atoms with E-state index in [0.717, 1.165) is 14.9 Å². The first-order valence-electron chi connectivity index (χ1n) is 4.66. The van der Waals surface area contributed by atoms with Crippen molar-refractivity contribution < 1.29 is 14.4 Å². The maximum atomic E-state index is 10.7. The fourth-order valence-electron chi connectivity index (χ4n) is 1.42. The fraction of sp³-hybridized carbons (Fsp3) is 0.0909. The second kappa shape index (κ2) is 4.93. The molecule has 0 saturated heterocycles. The molecule has 0 amide bonds. The Morgan fingerprint density at radius 3 is 2.88 bits per heavy atom. The first-order valence-corrected chi connectivity index (χ1v) is 6.68. The third kappa shape index (κ3) is 2.37. The van der Waals surface area contributed by atoms with Crippen molar-refractivity contribution in [3.05, 3.63) is 34.5 Å². The summed E-state index contributed by atoms with van der Waals surface area (Å²) in [5, 5.41) is 12.6. The quantitative estimate of drug-likeness (QED) is 0.878. The Bertz CT molecular complexity index is 568. The van der Waals surface area contributed by atoms with E-state index in [4.69, 9.17) is 9.63 Å². The van der Waals surface area contributed by atoms with Crippen molar-refractivity contribution >= 4 is 33.7 Å². The van der Waals surface area contributed by atoms with Crippen LogP contribution in [0.2, 0.25) is 0 Å². The number of carbonyl (C=O) groups is 1. The summed E-state index contributed by atoms with van der Waals surface area (Å²) in [6.45, 7) is 0. The van der Waals surface area contributed by atoms with Crippen LogP contribution in [-0.4, -0.2) is 22.5 Å². The van der Waals surface area contributed by atoms with Crippen LogP contribution in [-0.2, 0) is 0 Å². The Hall–Kier alpha value is -1.27. The molecule has 6 heteroatoms. The average Bonchev–Trinajstić information content (AvgIpc) is 2.77. The number of aromatic nitrogens is 1. The molecular weight excluding hydrogens is 306 g/mol. The molecule has 2 rings (SSSR count). The molecule has 0 atom stereocenters. The van der Waals surface area contributed by atoms with Gasteiger partial charge < -0.3 is 9.63 Å². The molecule has 0 saturated carbocycles. The Morgan fingerprint density at radius 1 is 1.53 bits per heavy atom. The van der Waals surface area contributed by atoms with Crippen molar-refractivity contribution in [2.24, 2.45) is 0 Å². The predicted octanol–water partition coefficient (Wildman–Crippen LogP) is 3.52. The normalized spacial score (nSPS) is 10.5. The summed E-state index contributed by atoms with van der Waals surface area (Å²) in [5.41, 5.74) is 1.36. The van der Waals surface area contributed by atoms with Crippen LogP contribution < -0.4 is 0 Å². The summed E-state index contributed by atoms with van der Waals surface area (Å²) in [7, 11) is 0. The molecule has 0 aliphatic rings. The van der Waals surface area contributed by atoms with Crippen molar-refractivity contribution in [2.75, 3.05) is 6.26 Å². The van der Waals surface area contributed by atoms with Crippen molar-refractivity contribution in [3.8, 4) is 11.3 Å². The van der Waals surface area contributed by atoms with E-state index < -0.39 is 5.97 Å². The smallest absolute Gasteiger partial charge is 0.374 e. The molecule has 0 aliphatic carbocycles. The highest BCUT2D eigenvalue weighted by atomic mass is 79.9. The van der Waals surface area contributed by atoms with Gasteiger partial charge in [0.25, 0.3) is 0 Å². The van der Waals surface area contributed by atoms with Gasteiger partial charge in [0.1, 0.15) is 5.69 Å². The van der Waals surface area contributed by atoms with Gasteiger partial charge in [-0.05, 0) is 18.4 Å². The molecule has 0 aliphatic heterocycles. The summed E-state index contributed by atoms with van der Waals surface area (Å²) in [5.74, 6) is -1.29. The SMILES string of the molecule is CSc1cccc(Br)c1-c1cc(C(=O)O)on1. The minimum absolute atomic E-state index is 0.164. The van der Waals surface area contributed by atoms with Gasteiger partial charge in [-0.25, -0.2) is 4.79 Å². The van der Waals surface area contributed by atoms with Gasteiger partial charge in [0, 0.05) is 21.0 Å². The summed E-state index contributed by atoms with van der Waals surface area (Å²) in [4.78, 5) is 11.7. The van der Waals surface area contributed by atoms with Crippen LogP contribution in [0, 0.1) is 0 Å². The number of aromatic carboxylic acids is 1. The highest BCUT2D eigenvalue weighted by molar-refractivity contribution is 9.10. The van der Waals surface area contributed by atoms with Crippen molar-refractivity contribution in [2.45, 2.75) is 4.90 Å². The molecule has 1 N–H and O–H groups in total. The van der Waals surface area contributed by atoms with E-state index in [2.05, 4.69) is 21.1 Å². The molecular formula is C11H8BrNO3S. The number of hydrogen-bond donors (Lipinski definition) is 1. The summed E-state index contributed by atoms with van der Waals surface area (Å²) < 4.78 is 5.61. The topological polar surface area (TPSA) is 63.3 Å². The molecule has 0 unspecified atom stereocenters. The van der Waals surface area contributed by atoms with E-state index in [1.165, 1.54) is 6.07 Å². The minimum atomic E-state index is -1.12. The Kier molecular flexibility index (Phi) is 3.54. The van der Waals surface area contributed by atoms with E-state index in [9.17, 15) is 4.79 Å². The lowest BCUT2D eigenvalue weighted by Gasteiger charge is -2.05. The van der Waals surface area contributed by atoms with Crippen molar-refractivity contribution in [3.63, 3.8) is 0 Å². The summed E-state index contributed by atoms with van der Waals surface area (Å²) in [6, 6.07) is 7.16. The Balaban J connectivity index is 2.55. The number of rotatable bonds is 3. The zero-order chi connectivity index (χ0) is 12.4. The van der Waals surface area contributed by atoms with Gasteiger partial charge in [-0.1, -0.05) is 27.2 Å². The van der Waals surface area contributed by atoms with E-state index in [-0.39, 0.29) is 5.76 Å². The number of nitrogens with zero attached hydrogens (tertiary/aromatic N) is 1. The number of hydrogen-bond acceptors (Lipinski definition) is 4. The monoisotopic (exact) mass is 313 g/mol. The highest BCUT2D eigenvalue weighted by Crippen LogP contribution is 2.35.